The summed E-state index contributed by atoms with van der Waals surface area (Å²) >= 11 is 0. The minimum Gasteiger partial charge on any atom is -0.457 e. The molecule has 0 N–H and O–H groups in total. The number of para-hydroxylation sites is 1. The fourth-order valence-corrected chi connectivity index (χ4v) is 7.08. The average Bonchev–Trinajstić information content (AvgIpc) is 3.12. The first kappa shape index (κ1) is 21.7. The van der Waals surface area contributed by atoms with Crippen LogP contribution in [0.25, 0.3) is 21.8 Å². The Bertz CT molecular complexity index is 1740. The molecule has 5 aromatic rings. The third-order valence-electron chi connectivity index (χ3n) is 9.32. The number of hydrogen-bond acceptors (Lipinski definition) is 1. The lowest BCUT2D eigenvalue weighted by molar-refractivity contribution is 0.419. The molecule has 2 heterocycles. The molecule has 0 saturated carbocycles. The molecule has 0 atom stereocenters. The fourth-order valence-electron chi connectivity index (χ4n) is 7.08. The number of nitrogens with zero attached hydrogens (tertiary/aromatic N) is 1. The first-order valence-electron chi connectivity index (χ1n) is 13.0. The lowest BCUT2D eigenvalue weighted by Crippen LogP contribution is -2.36. The molecule has 0 fully saturated rings. The monoisotopic (exact) mass is 471 g/mol. The predicted octanol–water partition coefficient (Wildman–Crippen LogP) is 8.73. The molecule has 4 aromatic carbocycles. The van der Waals surface area contributed by atoms with Gasteiger partial charge in [-0.3, -0.25) is 0 Å². The first-order valence-corrected chi connectivity index (χ1v) is 13.0. The van der Waals surface area contributed by atoms with Crippen molar-refractivity contribution in [3.63, 3.8) is 0 Å². The molecule has 0 amide bonds. The van der Waals surface area contributed by atoms with Crippen LogP contribution < -0.4 is 4.74 Å². The molecule has 0 radical (unpaired) electrons. The van der Waals surface area contributed by atoms with Crippen molar-refractivity contribution in [3.05, 3.63) is 106 Å². The zero-order valence-electron chi connectivity index (χ0n) is 22.3. The highest BCUT2D eigenvalue weighted by Gasteiger charge is 2.42. The highest BCUT2D eigenvalue weighted by molar-refractivity contribution is 6.10. The number of hydrogen-bond donors (Lipinski definition) is 0. The van der Waals surface area contributed by atoms with Crippen molar-refractivity contribution in [2.75, 3.05) is 0 Å². The van der Waals surface area contributed by atoms with Gasteiger partial charge in [0.1, 0.15) is 11.5 Å². The second-order valence-corrected chi connectivity index (χ2v) is 12.4. The van der Waals surface area contributed by atoms with Gasteiger partial charge in [-0.1, -0.05) is 84.0 Å². The lowest BCUT2D eigenvalue weighted by Gasteiger charge is -2.44. The largest absolute Gasteiger partial charge is 0.457 e. The lowest BCUT2D eigenvalue weighted by atomic mass is 9.60. The van der Waals surface area contributed by atoms with E-state index >= 15 is 0 Å². The maximum absolute atomic E-state index is 6.50. The summed E-state index contributed by atoms with van der Waals surface area (Å²) < 4.78 is 8.88. The van der Waals surface area contributed by atoms with E-state index in [2.05, 4.69) is 126 Å². The van der Waals surface area contributed by atoms with E-state index in [1.807, 2.05) is 0 Å². The molecule has 7 rings (SSSR count). The van der Waals surface area contributed by atoms with E-state index in [-0.39, 0.29) is 16.2 Å². The minimum atomic E-state index is -0.125. The van der Waals surface area contributed by atoms with Gasteiger partial charge in [0, 0.05) is 56.2 Å². The van der Waals surface area contributed by atoms with Crippen molar-refractivity contribution in [2.24, 2.45) is 7.05 Å². The molecule has 1 aliphatic carbocycles. The van der Waals surface area contributed by atoms with Crippen LogP contribution >= 0.6 is 0 Å². The van der Waals surface area contributed by atoms with Gasteiger partial charge in [0.25, 0.3) is 0 Å². The van der Waals surface area contributed by atoms with E-state index in [1.165, 1.54) is 55.2 Å². The Morgan fingerprint density at radius 3 is 1.61 bits per heavy atom. The Morgan fingerprint density at radius 2 is 0.972 bits per heavy atom. The van der Waals surface area contributed by atoms with Crippen LogP contribution in [0, 0.1) is 0 Å². The molecular formula is C34H33NO. The van der Waals surface area contributed by atoms with Gasteiger partial charge in [-0.2, -0.15) is 0 Å². The van der Waals surface area contributed by atoms with Crippen molar-refractivity contribution in [3.8, 4) is 11.5 Å². The number of benzene rings is 4. The molecule has 36 heavy (non-hydrogen) atoms. The Hall–Kier alpha value is -3.52. The van der Waals surface area contributed by atoms with Crippen molar-refractivity contribution in [2.45, 2.75) is 57.8 Å². The van der Waals surface area contributed by atoms with Crippen LogP contribution in [-0.4, -0.2) is 4.57 Å². The van der Waals surface area contributed by atoms with E-state index in [1.54, 1.807) is 0 Å². The standard InChI is InChI=1S/C34H33NO/c1-32(2)22-12-8-9-13-23(22)33(3,4)26-18-28-20(16-25(26)32)21-17-31-27(19-29(21)35(28)7)34(5,6)24-14-10-11-15-30(24)36-31/h8-19H,1-7H3. The Labute approximate surface area is 213 Å². The molecule has 1 aliphatic heterocycles. The number of fused-ring (bicyclic) bond motifs is 7. The Kier molecular flexibility index (Phi) is 4.00. The van der Waals surface area contributed by atoms with Gasteiger partial charge < -0.3 is 9.30 Å². The number of aromatic nitrogens is 1. The Balaban J connectivity index is 1.55. The molecule has 180 valence electrons. The summed E-state index contributed by atoms with van der Waals surface area (Å²) in [6, 6.07) is 27.0. The van der Waals surface area contributed by atoms with Crippen LogP contribution in [0.1, 0.15) is 74.9 Å². The van der Waals surface area contributed by atoms with E-state index in [0.29, 0.717) is 0 Å². The molecule has 0 unspecified atom stereocenters. The SMILES string of the molecule is Cn1c2cc3c(cc2c2cc4c(cc21)C(C)(C)c1ccccc1C4(C)C)Oc1ccccc1C3(C)C. The molecule has 0 saturated heterocycles. The zero-order chi connectivity index (χ0) is 25.2. The Morgan fingerprint density at radius 1 is 0.500 bits per heavy atom. The smallest absolute Gasteiger partial charge is 0.132 e. The summed E-state index contributed by atoms with van der Waals surface area (Å²) in [5.74, 6) is 1.94. The summed E-state index contributed by atoms with van der Waals surface area (Å²) in [6.45, 7) is 14.1. The van der Waals surface area contributed by atoms with Crippen LogP contribution in [0.4, 0.5) is 0 Å². The van der Waals surface area contributed by atoms with Crippen LogP contribution in [0.3, 0.4) is 0 Å². The molecule has 2 nitrogen and oxygen atoms in total. The highest BCUT2D eigenvalue weighted by Crippen LogP contribution is 2.53. The number of aryl methyl sites for hydroxylation is 1. The summed E-state index contributed by atoms with van der Waals surface area (Å²) in [5.41, 5.74) is 10.5. The summed E-state index contributed by atoms with van der Waals surface area (Å²) in [5, 5.41) is 2.56. The fraction of sp³-hybridized carbons (Fsp3) is 0.294. The quantitative estimate of drug-likeness (QED) is 0.220. The predicted molar refractivity (Wildman–Crippen MR) is 150 cm³/mol. The first-order chi connectivity index (χ1) is 17.0. The molecule has 1 aromatic heterocycles. The van der Waals surface area contributed by atoms with E-state index in [9.17, 15) is 0 Å². The van der Waals surface area contributed by atoms with Crippen LogP contribution in [0.15, 0.2) is 72.8 Å². The summed E-state index contributed by atoms with van der Waals surface area (Å²) in [6.07, 6.45) is 0. The van der Waals surface area contributed by atoms with Gasteiger partial charge in [-0.15, -0.1) is 0 Å². The van der Waals surface area contributed by atoms with E-state index in [0.717, 1.165) is 11.5 Å². The van der Waals surface area contributed by atoms with E-state index in [4.69, 9.17) is 4.74 Å². The maximum Gasteiger partial charge on any atom is 0.132 e. The normalized spacial score (nSPS) is 18.2. The van der Waals surface area contributed by atoms with Crippen LogP contribution in [0.5, 0.6) is 11.5 Å². The van der Waals surface area contributed by atoms with Gasteiger partial charge in [-0.25, -0.2) is 0 Å². The number of rotatable bonds is 0. The molecule has 0 spiro atoms. The van der Waals surface area contributed by atoms with Gasteiger partial charge in [0.05, 0.1) is 0 Å². The molecule has 0 bridgehead atoms. The maximum atomic E-state index is 6.50. The topological polar surface area (TPSA) is 14.2 Å². The average molecular weight is 472 g/mol. The molecular weight excluding hydrogens is 438 g/mol. The van der Waals surface area contributed by atoms with Crippen LogP contribution in [-0.2, 0) is 23.3 Å². The second-order valence-electron chi connectivity index (χ2n) is 12.4. The van der Waals surface area contributed by atoms with Crippen molar-refractivity contribution in [1.82, 2.24) is 4.57 Å². The van der Waals surface area contributed by atoms with Crippen molar-refractivity contribution < 1.29 is 4.74 Å². The summed E-state index contributed by atoms with van der Waals surface area (Å²) in [7, 11) is 2.21. The second kappa shape index (κ2) is 6.62. The van der Waals surface area contributed by atoms with Crippen molar-refractivity contribution in [1.29, 1.82) is 0 Å². The highest BCUT2D eigenvalue weighted by atomic mass is 16.5. The molecule has 2 heteroatoms. The number of ether oxygens (including phenoxy) is 1. The van der Waals surface area contributed by atoms with Crippen molar-refractivity contribution >= 4 is 21.8 Å². The zero-order valence-corrected chi connectivity index (χ0v) is 22.3. The van der Waals surface area contributed by atoms with Gasteiger partial charge in [0.15, 0.2) is 0 Å². The third-order valence-corrected chi connectivity index (χ3v) is 9.32. The summed E-state index contributed by atoms with van der Waals surface area (Å²) in [4.78, 5) is 0. The van der Waals surface area contributed by atoms with Crippen LogP contribution in [0.2, 0.25) is 0 Å². The van der Waals surface area contributed by atoms with Gasteiger partial charge in [0.2, 0.25) is 0 Å². The molecule has 2 aliphatic rings. The van der Waals surface area contributed by atoms with Gasteiger partial charge in [-0.05, 0) is 52.6 Å². The minimum absolute atomic E-state index is 0.0575. The third kappa shape index (κ3) is 2.52. The van der Waals surface area contributed by atoms with Gasteiger partial charge >= 0.3 is 0 Å². The van der Waals surface area contributed by atoms with E-state index < -0.39 is 0 Å².